The third-order valence-corrected chi connectivity index (χ3v) is 11.6. The van der Waals surface area contributed by atoms with Crippen LogP contribution < -0.4 is 11.1 Å². The molecule has 8 N–H and O–H groups in total. The van der Waals surface area contributed by atoms with Crippen LogP contribution in [-0.2, 0) is 14.3 Å². The van der Waals surface area contributed by atoms with Crippen LogP contribution in [0.1, 0.15) is 110 Å². The van der Waals surface area contributed by atoms with Crippen molar-refractivity contribution in [1.29, 1.82) is 0 Å². The maximum Gasteiger partial charge on any atom is 0.139 e. The molecule has 0 radical (unpaired) electrons. The number of quaternary nitrogens is 1. The molecule has 4 fully saturated rings. The van der Waals surface area contributed by atoms with Gasteiger partial charge in [-0.3, -0.25) is 10.5 Å². The van der Waals surface area contributed by atoms with Gasteiger partial charge in [0.25, 0.3) is 0 Å². The molecule has 4 rings (SSSR count). The number of nitrogens with two attached hydrogens (primary N) is 2. The van der Waals surface area contributed by atoms with E-state index in [9.17, 15) is 25.2 Å². The Bertz CT molecular complexity index is 853. The van der Waals surface area contributed by atoms with Crippen LogP contribution in [0.3, 0.4) is 0 Å². The van der Waals surface area contributed by atoms with Gasteiger partial charge in [-0.1, -0.05) is 26.7 Å². The SMILES string of the molecule is COC1CC(CC[C@@H](O)[C@H](C(=O)CCC2CC(O)C(O)C(OCC(C)C)C2)C2(C3CC[NH2+]C(N)C3)CCCC2)CCC1O. The third-order valence-electron chi connectivity index (χ3n) is 11.6. The summed E-state index contributed by atoms with van der Waals surface area (Å²) < 4.78 is 11.5. The molecule has 4 aliphatic rings. The molecule has 1 saturated heterocycles. The molecular weight excluding hydrogens is 548 g/mol. The van der Waals surface area contributed by atoms with Crippen molar-refractivity contribution >= 4 is 5.78 Å². The number of methoxy groups -OCH3 is 1. The fraction of sp³-hybridized carbons (Fsp3) is 0.971. The third kappa shape index (κ3) is 9.00. The number of aliphatic hydroxyl groups excluding tert-OH is 4. The van der Waals surface area contributed by atoms with Crippen molar-refractivity contribution in [3.8, 4) is 0 Å². The highest BCUT2D eigenvalue weighted by atomic mass is 16.5. The molecule has 3 saturated carbocycles. The summed E-state index contributed by atoms with van der Waals surface area (Å²) in [5, 5.41) is 45.6. The maximum absolute atomic E-state index is 14.4. The van der Waals surface area contributed by atoms with Gasteiger partial charge in [-0.25, -0.2) is 0 Å². The van der Waals surface area contributed by atoms with E-state index in [-0.39, 0.29) is 29.4 Å². The quantitative estimate of drug-likeness (QED) is 0.175. The Balaban J connectivity index is 1.47. The molecule has 0 amide bonds. The second-order valence-electron chi connectivity index (χ2n) is 15.2. The van der Waals surface area contributed by atoms with Crippen molar-refractivity contribution in [2.75, 3.05) is 20.3 Å². The summed E-state index contributed by atoms with van der Waals surface area (Å²) in [6.07, 6.45) is 8.56. The van der Waals surface area contributed by atoms with E-state index in [4.69, 9.17) is 15.2 Å². The van der Waals surface area contributed by atoms with E-state index >= 15 is 0 Å². The van der Waals surface area contributed by atoms with Gasteiger partial charge < -0.3 is 35.2 Å². The van der Waals surface area contributed by atoms with Crippen molar-refractivity contribution in [3.05, 3.63) is 0 Å². The molecule has 250 valence electrons. The van der Waals surface area contributed by atoms with Gasteiger partial charge >= 0.3 is 0 Å². The molecule has 0 bridgehead atoms. The minimum Gasteiger partial charge on any atom is -0.392 e. The number of Topliss-reactive ketones (excluding diaryl/α,β-unsaturated/α-hetero) is 1. The van der Waals surface area contributed by atoms with Gasteiger partial charge in [0.2, 0.25) is 0 Å². The van der Waals surface area contributed by atoms with Crippen molar-refractivity contribution in [1.82, 2.24) is 0 Å². The molecular formula is C34H63N2O7+. The highest BCUT2D eigenvalue weighted by Crippen LogP contribution is 2.55. The number of aliphatic hydroxyl groups is 4. The van der Waals surface area contributed by atoms with Crippen molar-refractivity contribution < 1.29 is 40.0 Å². The zero-order chi connectivity index (χ0) is 31.1. The molecule has 9 unspecified atom stereocenters. The predicted octanol–water partition coefficient (Wildman–Crippen LogP) is 2.26. The Labute approximate surface area is 259 Å². The summed E-state index contributed by atoms with van der Waals surface area (Å²) in [7, 11) is 1.65. The normalized spacial score (nSPS) is 38.2. The standard InChI is InChI=1S/C34H62N2O7/c1-21(2)20-43-30-18-23(16-28(40)33(30)41)8-11-27(39)32(26(38)10-7-22-6-9-25(37)29(17-22)42-3)34(13-4-5-14-34)24-12-15-36-31(35)19-24/h21-26,28-33,36-38,40-41H,4-20,35H2,1-3H3/p+1/t22?,23?,24?,25?,26-,28?,29?,30?,31?,32-,33?/m1/s1. The molecule has 3 aliphatic carbocycles. The van der Waals surface area contributed by atoms with Gasteiger partial charge in [0, 0.05) is 38.9 Å². The molecule has 1 aliphatic heterocycles. The first-order valence-electron chi connectivity index (χ1n) is 17.5. The molecule has 0 aromatic carbocycles. The summed E-state index contributed by atoms with van der Waals surface area (Å²) >= 11 is 0. The van der Waals surface area contributed by atoms with E-state index < -0.39 is 36.4 Å². The van der Waals surface area contributed by atoms with Crippen LogP contribution in [-0.4, -0.2) is 89.3 Å². The van der Waals surface area contributed by atoms with E-state index in [0.717, 1.165) is 64.3 Å². The minimum absolute atomic E-state index is 0.0432. The van der Waals surface area contributed by atoms with Crippen LogP contribution in [0, 0.1) is 35.0 Å². The van der Waals surface area contributed by atoms with Gasteiger partial charge in [0.1, 0.15) is 18.1 Å². The molecule has 9 heteroatoms. The first-order chi connectivity index (χ1) is 20.5. The Hall–Kier alpha value is -0.650. The van der Waals surface area contributed by atoms with Crippen LogP contribution >= 0.6 is 0 Å². The summed E-state index contributed by atoms with van der Waals surface area (Å²) in [6.45, 7) is 5.63. The van der Waals surface area contributed by atoms with Crippen molar-refractivity contribution in [3.63, 3.8) is 0 Å². The molecule has 1 heterocycles. The number of hydrogen-bond acceptors (Lipinski definition) is 8. The Morgan fingerprint density at radius 1 is 0.953 bits per heavy atom. The zero-order valence-corrected chi connectivity index (χ0v) is 27.1. The Kier molecular flexibility index (Phi) is 13.3. The lowest BCUT2D eigenvalue weighted by atomic mass is 9.58. The van der Waals surface area contributed by atoms with Crippen molar-refractivity contribution in [2.45, 2.75) is 153 Å². The lowest BCUT2D eigenvalue weighted by Crippen LogP contribution is -2.95. The number of piperidine rings is 1. The molecule has 0 aromatic rings. The predicted molar refractivity (Wildman–Crippen MR) is 165 cm³/mol. The highest BCUT2D eigenvalue weighted by Gasteiger charge is 2.53. The average molecular weight is 612 g/mol. The lowest BCUT2D eigenvalue weighted by Gasteiger charge is -2.47. The topological polar surface area (TPSA) is 159 Å². The van der Waals surface area contributed by atoms with Gasteiger partial charge in [-0.15, -0.1) is 0 Å². The highest BCUT2D eigenvalue weighted by molar-refractivity contribution is 5.82. The van der Waals surface area contributed by atoms with Gasteiger partial charge in [0.05, 0.1) is 37.1 Å². The van der Waals surface area contributed by atoms with E-state index in [1.54, 1.807) is 7.11 Å². The average Bonchev–Trinajstić information content (AvgIpc) is 3.47. The van der Waals surface area contributed by atoms with Gasteiger partial charge in [0.15, 0.2) is 0 Å². The van der Waals surface area contributed by atoms with Crippen LogP contribution in [0.2, 0.25) is 0 Å². The van der Waals surface area contributed by atoms with E-state index in [2.05, 4.69) is 19.2 Å². The Morgan fingerprint density at radius 3 is 2.35 bits per heavy atom. The molecule has 43 heavy (non-hydrogen) atoms. The largest absolute Gasteiger partial charge is 0.392 e. The van der Waals surface area contributed by atoms with E-state index in [1.165, 1.54) is 0 Å². The monoisotopic (exact) mass is 611 g/mol. The first-order valence-corrected chi connectivity index (χ1v) is 17.5. The van der Waals surface area contributed by atoms with Crippen LogP contribution in [0.5, 0.6) is 0 Å². The lowest BCUT2D eigenvalue weighted by molar-refractivity contribution is -0.700. The number of carbonyl (C=O) groups is 1. The van der Waals surface area contributed by atoms with Gasteiger partial charge in [-0.05, 0) is 93.3 Å². The summed E-state index contributed by atoms with van der Waals surface area (Å²) in [6, 6.07) is 0. The zero-order valence-electron chi connectivity index (χ0n) is 27.1. The van der Waals surface area contributed by atoms with Crippen LogP contribution in [0.15, 0.2) is 0 Å². The second kappa shape index (κ2) is 16.3. The van der Waals surface area contributed by atoms with Crippen LogP contribution in [0.4, 0.5) is 0 Å². The molecule has 0 aromatic heterocycles. The minimum atomic E-state index is -0.895. The number of ketones is 1. The Morgan fingerprint density at radius 2 is 1.67 bits per heavy atom. The summed E-state index contributed by atoms with van der Waals surface area (Å²) in [5.74, 6) is 0.877. The second-order valence-corrected chi connectivity index (χ2v) is 15.2. The number of rotatable bonds is 14. The molecule has 9 nitrogen and oxygen atoms in total. The molecule has 11 atom stereocenters. The van der Waals surface area contributed by atoms with E-state index in [1.807, 2.05) is 0 Å². The van der Waals surface area contributed by atoms with E-state index in [0.29, 0.717) is 62.9 Å². The van der Waals surface area contributed by atoms with Gasteiger partial charge in [-0.2, -0.15) is 0 Å². The number of ether oxygens (including phenoxy) is 2. The fourth-order valence-corrected chi connectivity index (χ4v) is 9.30. The smallest absolute Gasteiger partial charge is 0.139 e. The number of carbonyl (C=O) groups excluding carboxylic acids is 1. The van der Waals surface area contributed by atoms with Crippen molar-refractivity contribution in [2.24, 2.45) is 40.7 Å². The summed E-state index contributed by atoms with van der Waals surface area (Å²) in [4.78, 5) is 14.4. The molecule has 0 spiro atoms. The fourth-order valence-electron chi connectivity index (χ4n) is 9.30. The van der Waals surface area contributed by atoms with Crippen LogP contribution in [0.25, 0.3) is 0 Å². The first kappa shape index (κ1) is 35.2. The summed E-state index contributed by atoms with van der Waals surface area (Å²) in [5.41, 5.74) is 6.23. The maximum atomic E-state index is 14.4. The number of hydrogen-bond donors (Lipinski definition) is 6.